The fourth-order valence-corrected chi connectivity index (χ4v) is 1.04. The monoisotopic (exact) mass is 213 g/mol. The van der Waals surface area contributed by atoms with Crippen LogP contribution in [0.1, 0.15) is 24.7 Å². The van der Waals surface area contributed by atoms with Crippen molar-refractivity contribution in [2.24, 2.45) is 0 Å². The van der Waals surface area contributed by atoms with Gasteiger partial charge in [0.25, 0.3) is 0 Å². The number of carbonyl (C=O) groups excluding carboxylic acids is 1. The molecule has 0 atom stereocenters. The van der Waals surface area contributed by atoms with Crippen LogP contribution in [0.4, 0.5) is 0 Å². The number of nitrogens with one attached hydrogen (secondary N) is 1. The molecular formula is C9H15N3O3. The van der Waals surface area contributed by atoms with Gasteiger partial charge in [-0.15, -0.1) is 0 Å². The van der Waals surface area contributed by atoms with E-state index in [1.807, 2.05) is 6.92 Å². The van der Waals surface area contributed by atoms with Crippen LogP contribution in [-0.2, 0) is 16.1 Å². The fourth-order valence-electron chi connectivity index (χ4n) is 1.04. The van der Waals surface area contributed by atoms with Gasteiger partial charge in [-0.3, -0.25) is 4.79 Å². The number of hydrogen-bond donors (Lipinski definition) is 1. The topological polar surface area (TPSA) is 77.2 Å². The molecule has 0 aliphatic carbocycles. The highest BCUT2D eigenvalue weighted by atomic mass is 16.6. The standard InChI is InChI=1S/C9H15N3O3/c1-3-14-9(13)4-5-10-6-8-7(2)11-15-12-8/h10H,3-6H2,1-2H3. The number of aryl methyl sites for hydroxylation is 1. The Morgan fingerprint density at radius 2 is 2.33 bits per heavy atom. The quantitative estimate of drug-likeness (QED) is 0.545. The molecule has 0 bridgehead atoms. The van der Waals surface area contributed by atoms with Gasteiger partial charge in [-0.05, 0) is 13.8 Å². The second-order valence-corrected chi connectivity index (χ2v) is 3.03. The third kappa shape index (κ3) is 4.07. The third-order valence-corrected chi connectivity index (χ3v) is 1.85. The lowest BCUT2D eigenvalue weighted by molar-refractivity contribution is -0.142. The van der Waals surface area contributed by atoms with Crippen LogP contribution in [0.15, 0.2) is 4.63 Å². The summed E-state index contributed by atoms with van der Waals surface area (Å²) in [6, 6.07) is 0. The minimum Gasteiger partial charge on any atom is -0.466 e. The molecule has 15 heavy (non-hydrogen) atoms. The van der Waals surface area contributed by atoms with Crippen molar-refractivity contribution in [2.45, 2.75) is 26.8 Å². The Morgan fingerprint density at radius 3 is 2.93 bits per heavy atom. The van der Waals surface area contributed by atoms with E-state index in [9.17, 15) is 4.79 Å². The van der Waals surface area contributed by atoms with E-state index in [1.165, 1.54) is 0 Å². The van der Waals surface area contributed by atoms with Crippen molar-refractivity contribution >= 4 is 5.97 Å². The molecule has 0 saturated carbocycles. The van der Waals surface area contributed by atoms with E-state index in [0.717, 1.165) is 11.4 Å². The van der Waals surface area contributed by atoms with Crippen LogP contribution in [0.3, 0.4) is 0 Å². The number of hydrogen-bond acceptors (Lipinski definition) is 6. The van der Waals surface area contributed by atoms with Crippen molar-refractivity contribution in [1.29, 1.82) is 0 Å². The molecule has 0 aliphatic heterocycles. The molecule has 1 rings (SSSR count). The summed E-state index contributed by atoms with van der Waals surface area (Å²) in [7, 11) is 0. The van der Waals surface area contributed by atoms with Crippen LogP contribution in [0, 0.1) is 6.92 Å². The molecule has 1 heterocycles. The van der Waals surface area contributed by atoms with E-state index in [2.05, 4.69) is 20.3 Å². The maximum Gasteiger partial charge on any atom is 0.307 e. The van der Waals surface area contributed by atoms with Crippen molar-refractivity contribution in [3.05, 3.63) is 11.4 Å². The van der Waals surface area contributed by atoms with Gasteiger partial charge in [0.15, 0.2) is 0 Å². The molecule has 1 aromatic rings. The number of aromatic nitrogens is 2. The lowest BCUT2D eigenvalue weighted by Crippen LogP contribution is -2.19. The highest BCUT2D eigenvalue weighted by Crippen LogP contribution is 1.98. The van der Waals surface area contributed by atoms with Crippen LogP contribution >= 0.6 is 0 Å². The molecule has 1 aromatic heterocycles. The first kappa shape index (κ1) is 11.6. The van der Waals surface area contributed by atoms with Crippen molar-refractivity contribution < 1.29 is 14.2 Å². The second kappa shape index (κ2) is 6.13. The molecule has 0 aromatic carbocycles. The number of carbonyl (C=O) groups is 1. The van der Waals surface area contributed by atoms with Gasteiger partial charge in [-0.2, -0.15) is 0 Å². The molecular weight excluding hydrogens is 198 g/mol. The largest absolute Gasteiger partial charge is 0.466 e. The summed E-state index contributed by atoms with van der Waals surface area (Å²) < 4.78 is 9.31. The van der Waals surface area contributed by atoms with Gasteiger partial charge in [-0.25, -0.2) is 4.63 Å². The Morgan fingerprint density at radius 1 is 1.53 bits per heavy atom. The first-order valence-electron chi connectivity index (χ1n) is 4.88. The summed E-state index contributed by atoms with van der Waals surface area (Å²) in [5, 5.41) is 10.4. The van der Waals surface area contributed by atoms with Gasteiger partial charge < -0.3 is 10.1 Å². The molecule has 0 radical (unpaired) electrons. The lowest BCUT2D eigenvalue weighted by atomic mass is 10.3. The van der Waals surface area contributed by atoms with E-state index >= 15 is 0 Å². The van der Waals surface area contributed by atoms with E-state index in [-0.39, 0.29) is 5.97 Å². The highest BCUT2D eigenvalue weighted by Gasteiger charge is 2.05. The number of nitrogens with zero attached hydrogens (tertiary/aromatic N) is 2. The van der Waals surface area contributed by atoms with Crippen LogP contribution < -0.4 is 5.32 Å². The summed E-state index contributed by atoms with van der Waals surface area (Å²) in [5.74, 6) is -0.194. The Bertz CT molecular complexity index is 311. The zero-order valence-electron chi connectivity index (χ0n) is 8.95. The van der Waals surface area contributed by atoms with Gasteiger partial charge in [-0.1, -0.05) is 10.3 Å². The van der Waals surface area contributed by atoms with Crippen molar-refractivity contribution in [2.75, 3.05) is 13.2 Å². The van der Waals surface area contributed by atoms with E-state index in [4.69, 9.17) is 4.74 Å². The third-order valence-electron chi connectivity index (χ3n) is 1.85. The van der Waals surface area contributed by atoms with Crippen molar-refractivity contribution in [3.63, 3.8) is 0 Å². The molecule has 0 aliphatic rings. The Balaban J connectivity index is 2.12. The lowest BCUT2D eigenvalue weighted by Gasteiger charge is -2.02. The fraction of sp³-hybridized carbons (Fsp3) is 0.667. The summed E-state index contributed by atoms with van der Waals surface area (Å²) in [6.07, 6.45) is 0.359. The van der Waals surface area contributed by atoms with Gasteiger partial charge in [0, 0.05) is 13.1 Å². The first-order valence-corrected chi connectivity index (χ1v) is 4.88. The smallest absolute Gasteiger partial charge is 0.307 e. The maximum atomic E-state index is 11.0. The average Bonchev–Trinajstić information content (AvgIpc) is 2.60. The van der Waals surface area contributed by atoms with E-state index < -0.39 is 0 Å². The molecule has 0 spiro atoms. The Hall–Kier alpha value is -1.43. The zero-order valence-corrected chi connectivity index (χ0v) is 8.95. The predicted octanol–water partition coefficient (Wildman–Crippen LogP) is 0.421. The Kier molecular flexibility index (Phi) is 4.76. The molecule has 6 nitrogen and oxygen atoms in total. The summed E-state index contributed by atoms with van der Waals surface area (Å²) in [4.78, 5) is 11.0. The summed E-state index contributed by atoms with van der Waals surface area (Å²) in [6.45, 7) is 5.14. The van der Waals surface area contributed by atoms with Crippen molar-refractivity contribution in [1.82, 2.24) is 15.6 Å². The number of esters is 1. The molecule has 0 fully saturated rings. The van der Waals surface area contributed by atoms with E-state index in [1.54, 1.807) is 6.92 Å². The van der Waals surface area contributed by atoms with Crippen molar-refractivity contribution in [3.8, 4) is 0 Å². The van der Waals surface area contributed by atoms with Gasteiger partial charge in [0.05, 0.1) is 13.0 Å². The van der Waals surface area contributed by atoms with Crippen LogP contribution in [0.2, 0.25) is 0 Å². The number of ether oxygens (including phenoxy) is 1. The minimum absolute atomic E-state index is 0.194. The van der Waals surface area contributed by atoms with Crippen LogP contribution in [0.5, 0.6) is 0 Å². The molecule has 84 valence electrons. The first-order chi connectivity index (χ1) is 7.24. The molecule has 0 amide bonds. The minimum atomic E-state index is -0.194. The molecule has 0 saturated heterocycles. The second-order valence-electron chi connectivity index (χ2n) is 3.03. The van der Waals surface area contributed by atoms with Crippen LogP contribution in [-0.4, -0.2) is 29.4 Å². The molecule has 0 unspecified atom stereocenters. The van der Waals surface area contributed by atoms with Gasteiger partial charge in [0.1, 0.15) is 11.4 Å². The Labute approximate surface area is 87.9 Å². The maximum absolute atomic E-state index is 11.0. The number of rotatable bonds is 6. The summed E-state index contributed by atoms with van der Waals surface area (Å²) in [5.41, 5.74) is 1.53. The molecule has 1 N–H and O–H groups in total. The zero-order chi connectivity index (χ0) is 11.1. The SMILES string of the molecule is CCOC(=O)CCNCc1nonc1C. The van der Waals surface area contributed by atoms with E-state index in [0.29, 0.717) is 26.1 Å². The van der Waals surface area contributed by atoms with Gasteiger partial charge >= 0.3 is 5.97 Å². The highest BCUT2D eigenvalue weighted by molar-refractivity contribution is 5.69. The predicted molar refractivity (Wildman–Crippen MR) is 52.0 cm³/mol. The van der Waals surface area contributed by atoms with Crippen LogP contribution in [0.25, 0.3) is 0 Å². The van der Waals surface area contributed by atoms with Gasteiger partial charge in [0.2, 0.25) is 0 Å². The average molecular weight is 213 g/mol. The molecule has 6 heteroatoms. The normalized spacial score (nSPS) is 10.3. The summed E-state index contributed by atoms with van der Waals surface area (Å²) >= 11 is 0.